The molecule has 0 aromatic heterocycles. The molecule has 1 heterocycles. The van der Waals surface area contributed by atoms with Crippen molar-refractivity contribution in [1.29, 1.82) is 0 Å². The second-order valence-corrected chi connectivity index (χ2v) is 3.00. The lowest BCUT2D eigenvalue weighted by atomic mass is 10.1. The van der Waals surface area contributed by atoms with Crippen molar-refractivity contribution in [3.63, 3.8) is 0 Å². The number of nitrogens with one attached hydrogen (secondary N) is 1. The molecular weight excluding hydrogens is 122 g/mol. The van der Waals surface area contributed by atoms with Gasteiger partial charge in [0, 0.05) is 6.04 Å². The van der Waals surface area contributed by atoms with Gasteiger partial charge in [0.15, 0.2) is 0 Å². The summed E-state index contributed by atoms with van der Waals surface area (Å²) in [5.41, 5.74) is 0. The van der Waals surface area contributed by atoms with Crippen LogP contribution >= 0.6 is 0 Å². The fraction of sp³-hybridized carbons (Fsp3) is 0.778. The summed E-state index contributed by atoms with van der Waals surface area (Å²) in [6.07, 6.45) is 11.0. The molecule has 0 aromatic rings. The van der Waals surface area contributed by atoms with Crippen molar-refractivity contribution in [3.8, 4) is 0 Å². The normalized spacial score (nSPS) is 23.1. The fourth-order valence-corrected chi connectivity index (χ4v) is 1.35. The molecule has 0 bridgehead atoms. The van der Waals surface area contributed by atoms with Crippen molar-refractivity contribution >= 4 is 0 Å². The zero-order valence-electron chi connectivity index (χ0n) is 6.77. The van der Waals surface area contributed by atoms with Gasteiger partial charge in [0.2, 0.25) is 0 Å². The van der Waals surface area contributed by atoms with E-state index in [1.165, 1.54) is 32.1 Å². The van der Waals surface area contributed by atoms with Crippen molar-refractivity contribution in [2.24, 2.45) is 0 Å². The van der Waals surface area contributed by atoms with E-state index in [0.717, 1.165) is 6.04 Å². The molecule has 1 atom stereocenters. The van der Waals surface area contributed by atoms with Crippen LogP contribution < -0.4 is 5.32 Å². The largest absolute Gasteiger partial charge is 0.388 e. The predicted molar refractivity (Wildman–Crippen MR) is 44.8 cm³/mol. The van der Waals surface area contributed by atoms with E-state index in [4.69, 9.17) is 0 Å². The van der Waals surface area contributed by atoms with Crippen molar-refractivity contribution in [2.75, 3.05) is 0 Å². The van der Waals surface area contributed by atoms with Gasteiger partial charge >= 0.3 is 0 Å². The zero-order chi connectivity index (χ0) is 7.23. The van der Waals surface area contributed by atoms with Gasteiger partial charge in [-0.3, -0.25) is 0 Å². The summed E-state index contributed by atoms with van der Waals surface area (Å²) in [6.45, 7) is 2.25. The highest BCUT2D eigenvalue weighted by Gasteiger charge is 2.06. The minimum Gasteiger partial charge on any atom is -0.388 e. The van der Waals surface area contributed by atoms with Crippen LogP contribution in [0.2, 0.25) is 0 Å². The van der Waals surface area contributed by atoms with Gasteiger partial charge in [0.05, 0.1) is 0 Å². The molecule has 0 saturated heterocycles. The summed E-state index contributed by atoms with van der Waals surface area (Å²) in [7, 11) is 0. The molecule has 1 unspecified atom stereocenters. The zero-order valence-corrected chi connectivity index (χ0v) is 6.77. The molecule has 0 saturated carbocycles. The van der Waals surface area contributed by atoms with E-state index in [9.17, 15) is 0 Å². The molecule has 1 nitrogen and oxygen atoms in total. The van der Waals surface area contributed by atoms with Crippen LogP contribution in [0.15, 0.2) is 12.3 Å². The summed E-state index contributed by atoms with van der Waals surface area (Å²) in [5, 5.41) is 3.33. The molecule has 0 amide bonds. The van der Waals surface area contributed by atoms with Crippen molar-refractivity contribution in [3.05, 3.63) is 12.3 Å². The predicted octanol–water partition coefficient (Wildman–Crippen LogP) is 2.44. The summed E-state index contributed by atoms with van der Waals surface area (Å²) in [4.78, 5) is 0. The lowest BCUT2D eigenvalue weighted by Crippen LogP contribution is -2.18. The van der Waals surface area contributed by atoms with E-state index in [2.05, 4.69) is 24.5 Å². The maximum Gasteiger partial charge on any atom is 0.0290 e. The Morgan fingerprint density at radius 1 is 1.50 bits per heavy atom. The maximum atomic E-state index is 3.33. The first-order chi connectivity index (χ1) is 4.93. The summed E-state index contributed by atoms with van der Waals surface area (Å²) < 4.78 is 0. The van der Waals surface area contributed by atoms with Crippen LogP contribution in [-0.4, -0.2) is 6.04 Å². The molecule has 10 heavy (non-hydrogen) atoms. The van der Waals surface area contributed by atoms with Crippen LogP contribution in [0, 0.1) is 0 Å². The second kappa shape index (κ2) is 4.37. The van der Waals surface area contributed by atoms with E-state index >= 15 is 0 Å². The highest BCUT2D eigenvalue weighted by Crippen LogP contribution is 2.10. The Morgan fingerprint density at radius 2 is 2.40 bits per heavy atom. The van der Waals surface area contributed by atoms with Crippen molar-refractivity contribution < 1.29 is 0 Å². The Morgan fingerprint density at radius 3 is 3.00 bits per heavy atom. The smallest absolute Gasteiger partial charge is 0.0290 e. The van der Waals surface area contributed by atoms with E-state index < -0.39 is 0 Å². The average Bonchev–Trinajstić information content (AvgIpc) is 2.41. The highest BCUT2D eigenvalue weighted by atomic mass is 14.9. The minimum absolute atomic E-state index is 0.756. The standard InChI is InChI=1S/C9H17N/c1-2-3-4-6-9-7-5-8-10-9/h5,8-10H,2-4,6-7H2,1H3. The van der Waals surface area contributed by atoms with Crippen molar-refractivity contribution in [1.82, 2.24) is 5.32 Å². The summed E-state index contributed by atoms with van der Waals surface area (Å²) >= 11 is 0. The van der Waals surface area contributed by atoms with E-state index in [1.807, 2.05) is 0 Å². The third-order valence-electron chi connectivity index (χ3n) is 2.03. The molecule has 0 aliphatic carbocycles. The highest BCUT2D eigenvalue weighted by molar-refractivity contribution is 4.94. The lowest BCUT2D eigenvalue weighted by molar-refractivity contribution is 0.532. The Kier molecular flexibility index (Phi) is 3.34. The van der Waals surface area contributed by atoms with Gasteiger partial charge in [0.1, 0.15) is 0 Å². The van der Waals surface area contributed by atoms with Gasteiger partial charge in [-0.25, -0.2) is 0 Å². The second-order valence-electron chi connectivity index (χ2n) is 3.00. The lowest BCUT2D eigenvalue weighted by Gasteiger charge is -2.08. The molecule has 1 N–H and O–H groups in total. The van der Waals surface area contributed by atoms with Gasteiger partial charge in [-0.1, -0.05) is 32.3 Å². The first kappa shape index (κ1) is 7.64. The van der Waals surface area contributed by atoms with E-state index in [1.54, 1.807) is 0 Å². The van der Waals surface area contributed by atoms with Crippen LogP contribution in [0.4, 0.5) is 0 Å². The number of hydrogen-bond donors (Lipinski definition) is 1. The molecule has 1 heteroatoms. The summed E-state index contributed by atoms with van der Waals surface area (Å²) in [6, 6.07) is 0.756. The molecule has 1 rings (SSSR count). The van der Waals surface area contributed by atoms with E-state index in [-0.39, 0.29) is 0 Å². The van der Waals surface area contributed by atoms with Gasteiger partial charge < -0.3 is 5.32 Å². The van der Waals surface area contributed by atoms with Gasteiger partial charge in [-0.15, -0.1) is 0 Å². The quantitative estimate of drug-likeness (QED) is 0.590. The maximum absolute atomic E-state index is 3.33. The van der Waals surface area contributed by atoms with Crippen LogP contribution in [0.25, 0.3) is 0 Å². The monoisotopic (exact) mass is 139 g/mol. The average molecular weight is 139 g/mol. The number of unbranched alkanes of at least 4 members (excludes halogenated alkanes) is 2. The molecule has 1 aliphatic heterocycles. The van der Waals surface area contributed by atoms with Crippen LogP contribution in [0.1, 0.15) is 39.0 Å². The number of rotatable bonds is 4. The van der Waals surface area contributed by atoms with E-state index in [0.29, 0.717) is 0 Å². The molecule has 0 spiro atoms. The summed E-state index contributed by atoms with van der Waals surface area (Å²) in [5.74, 6) is 0. The topological polar surface area (TPSA) is 12.0 Å². The molecule has 58 valence electrons. The first-order valence-corrected chi connectivity index (χ1v) is 4.34. The van der Waals surface area contributed by atoms with Crippen molar-refractivity contribution in [2.45, 2.75) is 45.1 Å². The molecular formula is C9H17N. The molecule has 1 aliphatic rings. The Labute approximate surface area is 63.5 Å². The van der Waals surface area contributed by atoms with Gasteiger partial charge in [-0.2, -0.15) is 0 Å². The van der Waals surface area contributed by atoms with Crippen LogP contribution in [0.5, 0.6) is 0 Å². The SMILES string of the molecule is CCCCCC1CC=CN1. The number of hydrogen-bond acceptors (Lipinski definition) is 1. The third kappa shape index (κ3) is 2.42. The molecule has 0 fully saturated rings. The first-order valence-electron chi connectivity index (χ1n) is 4.34. The Hall–Kier alpha value is -0.460. The third-order valence-corrected chi connectivity index (χ3v) is 2.03. The van der Waals surface area contributed by atoms with Crippen LogP contribution in [0.3, 0.4) is 0 Å². The van der Waals surface area contributed by atoms with Gasteiger partial charge in [0.25, 0.3) is 0 Å². The fourth-order valence-electron chi connectivity index (χ4n) is 1.35. The molecule has 0 aromatic carbocycles. The minimum atomic E-state index is 0.756. The Balaban J connectivity index is 1.93. The Bertz CT molecular complexity index is 99.3. The van der Waals surface area contributed by atoms with Gasteiger partial charge in [-0.05, 0) is 19.0 Å². The molecule has 0 radical (unpaired) electrons. The van der Waals surface area contributed by atoms with Crippen LogP contribution in [-0.2, 0) is 0 Å².